The van der Waals surface area contributed by atoms with Crippen molar-refractivity contribution >= 4 is 38.3 Å². The number of likely N-dealkylation sites (tertiary alicyclic amines) is 1. The Morgan fingerprint density at radius 3 is 2.60 bits per heavy atom. The number of carbonyl (C=O) groups is 1. The second kappa shape index (κ2) is 7.31. The van der Waals surface area contributed by atoms with Crippen molar-refractivity contribution in [1.29, 1.82) is 0 Å². The zero-order valence-electron chi connectivity index (χ0n) is 13.6. The summed E-state index contributed by atoms with van der Waals surface area (Å²) in [5, 5.41) is 9.58. The largest absolute Gasteiger partial charge is 0.483 e. The molecular formula is C15H18F2INO5S. The van der Waals surface area contributed by atoms with Crippen LogP contribution in [0.3, 0.4) is 0 Å². The summed E-state index contributed by atoms with van der Waals surface area (Å²) in [5.41, 5.74) is -0.121. The number of carbonyl (C=O) groups excluding carboxylic acids is 1. The minimum atomic E-state index is -3.59. The molecule has 0 spiro atoms. The summed E-state index contributed by atoms with van der Waals surface area (Å²) in [7, 11) is -3.59. The average Bonchev–Trinajstić information content (AvgIpc) is 2.91. The first-order chi connectivity index (χ1) is 11.4. The summed E-state index contributed by atoms with van der Waals surface area (Å²) in [6.45, 7) is 1.55. The predicted octanol–water partition coefficient (Wildman–Crippen LogP) is 2.09. The van der Waals surface area contributed by atoms with Crippen LogP contribution < -0.4 is 4.74 Å². The molecule has 1 amide bonds. The molecule has 1 saturated heterocycles. The SMILES string of the molecule is C[C@H](Oc1ccc(S(C)(=O)=O)cc1C(=O)N1CCC(O)C1)C(F)(F)I. The van der Waals surface area contributed by atoms with Crippen LogP contribution >= 0.6 is 22.6 Å². The molecule has 10 heteroatoms. The van der Waals surface area contributed by atoms with Crippen LogP contribution in [-0.2, 0) is 9.84 Å². The van der Waals surface area contributed by atoms with Gasteiger partial charge in [-0.1, -0.05) is 0 Å². The van der Waals surface area contributed by atoms with Crippen molar-refractivity contribution in [2.75, 3.05) is 19.3 Å². The number of sulfone groups is 1. The van der Waals surface area contributed by atoms with Crippen LogP contribution in [0.2, 0.25) is 0 Å². The van der Waals surface area contributed by atoms with E-state index in [2.05, 4.69) is 0 Å². The van der Waals surface area contributed by atoms with E-state index in [0.717, 1.165) is 41.8 Å². The minimum Gasteiger partial charge on any atom is -0.483 e. The van der Waals surface area contributed by atoms with Crippen molar-refractivity contribution in [2.24, 2.45) is 0 Å². The van der Waals surface area contributed by atoms with Gasteiger partial charge in [-0.05, 0) is 31.5 Å². The van der Waals surface area contributed by atoms with Crippen LogP contribution in [0, 0.1) is 0 Å². The summed E-state index contributed by atoms with van der Waals surface area (Å²) >= 11 is 0.936. The fourth-order valence-electron chi connectivity index (χ4n) is 2.36. The van der Waals surface area contributed by atoms with Crippen molar-refractivity contribution in [3.63, 3.8) is 0 Å². The Morgan fingerprint density at radius 1 is 1.48 bits per heavy atom. The number of rotatable bonds is 5. The smallest absolute Gasteiger partial charge is 0.332 e. The Kier molecular flexibility index (Phi) is 5.94. The van der Waals surface area contributed by atoms with Crippen molar-refractivity contribution in [3.05, 3.63) is 23.8 Å². The molecule has 1 heterocycles. The lowest BCUT2D eigenvalue weighted by Gasteiger charge is -2.23. The number of aliphatic hydroxyl groups is 1. The van der Waals surface area contributed by atoms with Gasteiger partial charge in [-0.2, -0.15) is 8.78 Å². The lowest BCUT2D eigenvalue weighted by molar-refractivity contribution is 0.00632. The van der Waals surface area contributed by atoms with Gasteiger partial charge in [0.25, 0.3) is 5.91 Å². The fraction of sp³-hybridized carbons (Fsp3) is 0.533. The number of ether oxygens (including phenoxy) is 1. The number of halogens is 3. The Morgan fingerprint density at radius 2 is 2.12 bits per heavy atom. The van der Waals surface area contributed by atoms with Gasteiger partial charge in [-0.3, -0.25) is 4.79 Å². The number of hydrogen-bond donors (Lipinski definition) is 1. The Bertz CT molecular complexity index is 766. The Balaban J connectivity index is 2.43. The van der Waals surface area contributed by atoms with Crippen molar-refractivity contribution in [2.45, 2.75) is 34.4 Å². The molecule has 1 aliphatic heterocycles. The van der Waals surface area contributed by atoms with Gasteiger partial charge in [0, 0.05) is 41.9 Å². The maximum Gasteiger partial charge on any atom is 0.332 e. The summed E-state index contributed by atoms with van der Waals surface area (Å²) in [6, 6.07) is 3.53. The van der Waals surface area contributed by atoms with Crippen LogP contribution in [0.4, 0.5) is 8.78 Å². The maximum absolute atomic E-state index is 13.4. The van der Waals surface area contributed by atoms with E-state index in [0.29, 0.717) is 13.0 Å². The zero-order chi connectivity index (χ0) is 19.0. The first kappa shape index (κ1) is 20.3. The van der Waals surface area contributed by atoms with E-state index >= 15 is 0 Å². The van der Waals surface area contributed by atoms with Crippen molar-refractivity contribution in [3.8, 4) is 5.75 Å². The molecule has 25 heavy (non-hydrogen) atoms. The molecule has 1 aliphatic rings. The summed E-state index contributed by atoms with van der Waals surface area (Å²) in [5.74, 6) is -0.691. The lowest BCUT2D eigenvalue weighted by Crippen LogP contribution is -2.33. The quantitative estimate of drug-likeness (QED) is 0.506. The third-order valence-corrected chi connectivity index (χ3v) is 5.81. The molecular weight excluding hydrogens is 471 g/mol. The van der Waals surface area contributed by atoms with Crippen LogP contribution in [0.1, 0.15) is 23.7 Å². The average molecular weight is 489 g/mol. The molecule has 1 unspecified atom stereocenters. The van der Waals surface area contributed by atoms with E-state index in [4.69, 9.17) is 4.74 Å². The zero-order valence-corrected chi connectivity index (χ0v) is 16.6. The molecule has 0 aliphatic carbocycles. The van der Waals surface area contributed by atoms with Crippen LogP contribution in [0.5, 0.6) is 5.75 Å². The van der Waals surface area contributed by atoms with Gasteiger partial charge >= 0.3 is 3.93 Å². The van der Waals surface area contributed by atoms with Gasteiger partial charge in [0.1, 0.15) is 5.75 Å². The van der Waals surface area contributed by atoms with Gasteiger partial charge in [0.2, 0.25) is 0 Å². The number of aliphatic hydroxyl groups excluding tert-OH is 1. The molecule has 0 aromatic heterocycles. The van der Waals surface area contributed by atoms with Crippen LogP contribution in [-0.4, -0.2) is 59.8 Å². The van der Waals surface area contributed by atoms with Crippen molar-refractivity contribution in [1.82, 2.24) is 4.90 Å². The van der Waals surface area contributed by atoms with E-state index < -0.39 is 31.9 Å². The summed E-state index contributed by atoms with van der Waals surface area (Å²) < 4.78 is 52.3. The third kappa shape index (κ3) is 5.00. The van der Waals surface area contributed by atoms with Gasteiger partial charge in [-0.15, -0.1) is 0 Å². The second-order valence-corrected chi connectivity index (χ2v) is 9.38. The molecule has 2 rings (SSSR count). The van der Waals surface area contributed by atoms with Gasteiger partial charge < -0.3 is 14.7 Å². The molecule has 0 saturated carbocycles. The molecule has 1 aromatic carbocycles. The first-order valence-corrected chi connectivity index (χ1v) is 10.4. The Hall–Kier alpha value is -1.01. The molecule has 1 aromatic rings. The number of amides is 1. The number of hydrogen-bond acceptors (Lipinski definition) is 5. The number of benzene rings is 1. The Labute approximate surface area is 158 Å². The molecule has 2 atom stereocenters. The molecule has 0 bridgehead atoms. The second-order valence-electron chi connectivity index (χ2n) is 5.93. The maximum atomic E-state index is 13.4. The summed E-state index contributed by atoms with van der Waals surface area (Å²) in [4.78, 5) is 13.9. The van der Waals surface area contributed by atoms with Crippen LogP contribution in [0.25, 0.3) is 0 Å². The topological polar surface area (TPSA) is 83.9 Å². The van der Waals surface area contributed by atoms with E-state index in [1.165, 1.54) is 17.0 Å². The molecule has 1 N–H and O–H groups in total. The van der Waals surface area contributed by atoms with Gasteiger partial charge in [-0.25, -0.2) is 8.42 Å². The number of β-amino-alcohol motifs (C(OH)–C–C–N with tert-alkyl or cyclic N) is 1. The lowest BCUT2D eigenvalue weighted by atomic mass is 10.1. The highest BCUT2D eigenvalue weighted by Crippen LogP contribution is 2.33. The van der Waals surface area contributed by atoms with E-state index in [-0.39, 0.29) is 22.8 Å². The van der Waals surface area contributed by atoms with Crippen LogP contribution in [0.15, 0.2) is 23.1 Å². The van der Waals surface area contributed by atoms with Gasteiger partial charge in [0.05, 0.1) is 16.6 Å². The molecule has 6 nitrogen and oxygen atoms in total. The van der Waals surface area contributed by atoms with E-state index in [1.807, 2.05) is 0 Å². The standard InChI is InChI=1S/C15H18F2INO5S/c1-9(15(16,17)18)24-13-4-3-11(25(2,22)23)7-12(13)14(21)19-6-5-10(20)8-19/h3-4,7,9-10,20H,5-6,8H2,1-2H3/t9-,10?/m0/s1. The molecule has 0 radical (unpaired) electrons. The number of nitrogens with zero attached hydrogens (tertiary/aromatic N) is 1. The highest BCUT2D eigenvalue weighted by molar-refractivity contribution is 14.1. The van der Waals surface area contributed by atoms with E-state index in [1.54, 1.807) is 0 Å². The van der Waals surface area contributed by atoms with Gasteiger partial charge in [0.15, 0.2) is 15.9 Å². The third-order valence-electron chi connectivity index (χ3n) is 3.82. The first-order valence-electron chi connectivity index (χ1n) is 7.44. The monoisotopic (exact) mass is 489 g/mol. The van der Waals surface area contributed by atoms with Crippen molar-refractivity contribution < 1.29 is 31.8 Å². The molecule has 1 fully saturated rings. The highest BCUT2D eigenvalue weighted by atomic mass is 127. The molecule has 140 valence electrons. The fourth-order valence-corrected chi connectivity index (χ4v) is 3.14. The predicted molar refractivity (Wildman–Crippen MR) is 95.1 cm³/mol. The summed E-state index contributed by atoms with van der Waals surface area (Å²) in [6.07, 6.45) is -0.800. The minimum absolute atomic E-state index is 0.0966. The number of alkyl halides is 3. The normalized spacial score (nSPS) is 19.8. The van der Waals surface area contributed by atoms with E-state index in [9.17, 15) is 27.1 Å². The highest BCUT2D eigenvalue weighted by Gasteiger charge is 2.36.